The molecule has 0 bridgehead atoms. The maximum atomic E-state index is 12.5. The van der Waals surface area contributed by atoms with Crippen LogP contribution in [0.15, 0.2) is 30.3 Å². The minimum Gasteiger partial charge on any atom is -0.353 e. The highest BCUT2D eigenvalue weighted by Crippen LogP contribution is 2.42. The molecule has 2 heterocycles. The van der Waals surface area contributed by atoms with Crippen LogP contribution in [-0.4, -0.2) is 5.91 Å². The van der Waals surface area contributed by atoms with Gasteiger partial charge in [-0.3, -0.25) is 4.79 Å². The number of benzene rings is 1. The summed E-state index contributed by atoms with van der Waals surface area (Å²) in [5, 5.41) is 7.64. The van der Waals surface area contributed by atoms with Gasteiger partial charge in [0, 0.05) is 4.88 Å². The van der Waals surface area contributed by atoms with Gasteiger partial charge in [-0.15, -0.1) is 11.3 Å². The van der Waals surface area contributed by atoms with E-state index in [4.69, 9.17) is 0 Å². The first-order valence-corrected chi connectivity index (χ1v) is 8.31. The molecule has 2 N–H and O–H groups in total. The van der Waals surface area contributed by atoms with Crippen LogP contribution >= 0.6 is 11.3 Å². The Bertz CT molecular complexity index is 692. The number of carbonyl (C=O) groups excluding carboxylic acids is 1. The van der Waals surface area contributed by atoms with Crippen molar-refractivity contribution in [2.75, 3.05) is 5.32 Å². The average Bonchev–Trinajstić information content (AvgIpc) is 2.85. The number of anilines is 1. The predicted molar refractivity (Wildman–Crippen MR) is 85.8 cm³/mol. The third kappa shape index (κ3) is 2.14. The summed E-state index contributed by atoms with van der Waals surface area (Å²) in [5.74, 6) is 0.801. The summed E-state index contributed by atoms with van der Waals surface area (Å²) in [4.78, 5) is 13.9. The first-order chi connectivity index (χ1) is 10.2. The van der Waals surface area contributed by atoms with E-state index in [9.17, 15) is 4.79 Å². The van der Waals surface area contributed by atoms with E-state index in [1.165, 1.54) is 16.9 Å². The highest BCUT2D eigenvalue weighted by atomic mass is 32.1. The molecule has 0 radical (unpaired) electrons. The van der Waals surface area contributed by atoms with Gasteiger partial charge in [0.15, 0.2) is 0 Å². The molecule has 2 atom stereocenters. The molecule has 1 aromatic heterocycles. The Morgan fingerprint density at radius 3 is 2.81 bits per heavy atom. The zero-order valence-corrected chi connectivity index (χ0v) is 12.8. The van der Waals surface area contributed by atoms with Crippen LogP contribution in [0.4, 0.5) is 5.00 Å². The fourth-order valence-corrected chi connectivity index (χ4v) is 4.71. The molecule has 108 valence electrons. The van der Waals surface area contributed by atoms with Crippen molar-refractivity contribution in [3.05, 3.63) is 51.9 Å². The molecule has 0 fully saturated rings. The molecule has 1 aliphatic heterocycles. The molecule has 0 spiro atoms. The van der Waals surface area contributed by atoms with E-state index in [1.807, 2.05) is 30.3 Å². The van der Waals surface area contributed by atoms with Crippen molar-refractivity contribution in [1.82, 2.24) is 5.32 Å². The van der Waals surface area contributed by atoms with Gasteiger partial charge in [-0.2, -0.15) is 0 Å². The Balaban J connectivity index is 1.71. The summed E-state index contributed by atoms with van der Waals surface area (Å²) in [6.07, 6.45) is 3.21. The van der Waals surface area contributed by atoms with Crippen LogP contribution in [0.5, 0.6) is 0 Å². The van der Waals surface area contributed by atoms with Gasteiger partial charge in [-0.05, 0) is 36.3 Å². The summed E-state index contributed by atoms with van der Waals surface area (Å²) >= 11 is 1.77. The maximum absolute atomic E-state index is 12.5. The van der Waals surface area contributed by atoms with Gasteiger partial charge in [0.1, 0.15) is 11.2 Å². The molecule has 0 saturated carbocycles. The van der Waals surface area contributed by atoms with E-state index < -0.39 is 0 Å². The summed E-state index contributed by atoms with van der Waals surface area (Å²) < 4.78 is 0. The van der Waals surface area contributed by atoms with Crippen molar-refractivity contribution >= 4 is 22.2 Å². The maximum Gasteiger partial charge on any atom is 0.256 e. The van der Waals surface area contributed by atoms with Crippen molar-refractivity contribution in [1.29, 1.82) is 0 Å². The topological polar surface area (TPSA) is 41.1 Å². The van der Waals surface area contributed by atoms with E-state index >= 15 is 0 Å². The number of hydrogen-bond acceptors (Lipinski definition) is 3. The Hall–Kier alpha value is -1.81. The summed E-state index contributed by atoms with van der Waals surface area (Å²) in [6, 6.07) is 10.1. The molecule has 2 aromatic rings. The fraction of sp³-hybridized carbons (Fsp3) is 0.353. The standard InChI is InChI=1S/C17H18N2OS/c1-10-7-8-12-13(9-10)21-17-14(12)16(20)18-15(19-17)11-5-3-2-4-6-11/h2-6,10,15,19H,7-9H2,1H3,(H,18,20)/t10-,15+/m0/s1. The lowest BCUT2D eigenvalue weighted by Crippen LogP contribution is -2.38. The van der Waals surface area contributed by atoms with Gasteiger partial charge >= 0.3 is 0 Å². The minimum atomic E-state index is -0.122. The zero-order chi connectivity index (χ0) is 14.4. The first kappa shape index (κ1) is 12.9. The second kappa shape index (κ2) is 4.88. The number of amides is 1. The quantitative estimate of drug-likeness (QED) is 0.842. The smallest absolute Gasteiger partial charge is 0.256 e. The molecule has 0 saturated heterocycles. The van der Waals surface area contributed by atoms with Crippen LogP contribution in [0, 0.1) is 5.92 Å². The van der Waals surface area contributed by atoms with E-state index in [2.05, 4.69) is 17.6 Å². The molecule has 1 amide bonds. The van der Waals surface area contributed by atoms with Gasteiger partial charge in [0.25, 0.3) is 5.91 Å². The molecule has 1 aliphatic carbocycles. The summed E-state index contributed by atoms with van der Waals surface area (Å²) in [7, 11) is 0. The normalized spacial score (nSPS) is 23.8. The third-order valence-electron chi connectivity index (χ3n) is 4.42. The van der Waals surface area contributed by atoms with Gasteiger partial charge in [-0.25, -0.2) is 0 Å². The molecule has 4 heteroatoms. The second-order valence-corrected chi connectivity index (χ2v) is 7.12. The van der Waals surface area contributed by atoms with Gasteiger partial charge in [0.2, 0.25) is 0 Å². The van der Waals surface area contributed by atoms with Gasteiger partial charge < -0.3 is 10.6 Å². The van der Waals surface area contributed by atoms with Crippen molar-refractivity contribution in [3.8, 4) is 0 Å². The highest BCUT2D eigenvalue weighted by Gasteiger charge is 2.32. The first-order valence-electron chi connectivity index (χ1n) is 7.49. The lowest BCUT2D eigenvalue weighted by molar-refractivity contribution is 0.0935. The zero-order valence-electron chi connectivity index (χ0n) is 12.0. The predicted octanol–water partition coefficient (Wildman–Crippen LogP) is 3.73. The number of hydrogen-bond donors (Lipinski definition) is 2. The molecular weight excluding hydrogens is 280 g/mol. The molecule has 0 unspecified atom stereocenters. The third-order valence-corrected chi connectivity index (χ3v) is 5.61. The van der Waals surface area contributed by atoms with Crippen LogP contribution < -0.4 is 10.6 Å². The van der Waals surface area contributed by atoms with Crippen molar-refractivity contribution < 1.29 is 4.79 Å². The average molecular weight is 298 g/mol. The van der Waals surface area contributed by atoms with E-state index in [0.29, 0.717) is 0 Å². The fourth-order valence-electron chi connectivity index (χ4n) is 3.28. The summed E-state index contributed by atoms with van der Waals surface area (Å²) in [5.41, 5.74) is 3.27. The van der Waals surface area contributed by atoms with Gasteiger partial charge in [0.05, 0.1) is 5.56 Å². The van der Waals surface area contributed by atoms with E-state index in [-0.39, 0.29) is 12.1 Å². The largest absolute Gasteiger partial charge is 0.353 e. The Kier molecular flexibility index (Phi) is 3.00. The molecule has 1 aromatic carbocycles. The molecule has 21 heavy (non-hydrogen) atoms. The van der Waals surface area contributed by atoms with Crippen LogP contribution in [-0.2, 0) is 12.8 Å². The Morgan fingerprint density at radius 2 is 2.00 bits per heavy atom. The minimum absolute atomic E-state index is 0.0738. The van der Waals surface area contributed by atoms with Crippen LogP contribution in [0.1, 0.15) is 45.9 Å². The number of thiophene rings is 1. The molecular formula is C17H18N2OS. The molecule has 2 aliphatic rings. The molecule has 3 nitrogen and oxygen atoms in total. The lowest BCUT2D eigenvalue weighted by atomic mass is 9.88. The van der Waals surface area contributed by atoms with Crippen LogP contribution in [0.3, 0.4) is 0 Å². The van der Waals surface area contributed by atoms with Crippen LogP contribution in [0.2, 0.25) is 0 Å². The highest BCUT2D eigenvalue weighted by molar-refractivity contribution is 7.16. The number of rotatable bonds is 1. The van der Waals surface area contributed by atoms with E-state index in [1.54, 1.807) is 11.3 Å². The van der Waals surface area contributed by atoms with Crippen molar-refractivity contribution in [2.24, 2.45) is 5.92 Å². The molecule has 4 rings (SSSR count). The number of nitrogens with one attached hydrogen (secondary N) is 2. The Morgan fingerprint density at radius 1 is 1.19 bits per heavy atom. The van der Waals surface area contributed by atoms with Crippen molar-refractivity contribution in [2.45, 2.75) is 32.4 Å². The van der Waals surface area contributed by atoms with Crippen molar-refractivity contribution in [3.63, 3.8) is 0 Å². The number of carbonyl (C=O) groups is 1. The van der Waals surface area contributed by atoms with Gasteiger partial charge in [-0.1, -0.05) is 37.3 Å². The second-order valence-electron chi connectivity index (χ2n) is 6.02. The summed E-state index contributed by atoms with van der Waals surface area (Å²) in [6.45, 7) is 2.29. The van der Waals surface area contributed by atoms with Crippen LogP contribution in [0.25, 0.3) is 0 Å². The number of fused-ring (bicyclic) bond motifs is 3. The van der Waals surface area contributed by atoms with E-state index in [0.717, 1.165) is 34.9 Å². The Labute approximate surface area is 128 Å². The monoisotopic (exact) mass is 298 g/mol. The lowest BCUT2D eigenvalue weighted by Gasteiger charge is -2.27. The SMILES string of the molecule is C[C@H]1CCc2c(sc3c2C(=O)N[C@@H](c2ccccc2)N3)C1.